The number of hydrogen-bond donors (Lipinski definition) is 2. The average molecular weight is 335 g/mol. The molecule has 0 aromatic heterocycles. The van der Waals surface area contributed by atoms with Crippen LogP contribution in [-0.4, -0.2) is 43.0 Å². The molecule has 0 spiro atoms. The van der Waals surface area contributed by atoms with Crippen LogP contribution in [0.15, 0.2) is 23.7 Å². The molecule has 1 aliphatic rings. The lowest BCUT2D eigenvalue weighted by Gasteiger charge is -2.32. The molecule has 0 aliphatic carbocycles. The number of rotatable bonds is 5. The van der Waals surface area contributed by atoms with E-state index in [0.29, 0.717) is 12.1 Å². The third-order valence-electron chi connectivity index (χ3n) is 4.46. The molecule has 24 heavy (non-hydrogen) atoms. The minimum absolute atomic E-state index is 0.0982. The minimum Gasteiger partial charge on any atom is -0.478 e. The van der Waals surface area contributed by atoms with Crippen molar-refractivity contribution in [3.63, 3.8) is 0 Å². The van der Waals surface area contributed by atoms with Gasteiger partial charge in [-0.25, -0.2) is 9.18 Å². The van der Waals surface area contributed by atoms with Crippen molar-refractivity contribution in [2.24, 2.45) is 0 Å². The van der Waals surface area contributed by atoms with Crippen LogP contribution in [0.5, 0.6) is 0 Å². The fraction of sp³-hybridized carbons (Fsp3) is 0.471. The number of benzene rings is 1. The Labute approximate surface area is 142 Å². The molecule has 1 saturated heterocycles. The van der Waals surface area contributed by atoms with Crippen molar-refractivity contribution < 1.29 is 23.6 Å². The maximum Gasteiger partial charge on any atom is 0.491 e. The Kier molecular flexibility index (Phi) is 5.18. The molecule has 1 aromatic carbocycles. The zero-order chi connectivity index (χ0) is 18.1. The molecule has 0 radical (unpaired) electrons. The summed E-state index contributed by atoms with van der Waals surface area (Å²) in [6, 6.07) is 3.70. The van der Waals surface area contributed by atoms with Crippen LogP contribution in [0.2, 0.25) is 0 Å². The highest BCUT2D eigenvalue weighted by atomic mass is 19.1. The Balaban J connectivity index is 2.38. The molecule has 0 unspecified atom stereocenters. The highest BCUT2D eigenvalue weighted by Gasteiger charge is 2.52. The van der Waals surface area contributed by atoms with Gasteiger partial charge in [-0.2, -0.15) is 0 Å². The van der Waals surface area contributed by atoms with Crippen molar-refractivity contribution in [2.75, 3.05) is 13.6 Å². The Morgan fingerprint density at radius 1 is 1.25 bits per heavy atom. The fourth-order valence-electron chi connectivity index (χ4n) is 2.43. The maximum atomic E-state index is 13.7. The van der Waals surface area contributed by atoms with Gasteiger partial charge in [0.2, 0.25) is 0 Å². The molecular weight excluding hydrogens is 312 g/mol. The smallest absolute Gasteiger partial charge is 0.478 e. The van der Waals surface area contributed by atoms with Gasteiger partial charge in [-0.1, -0.05) is 6.08 Å². The summed E-state index contributed by atoms with van der Waals surface area (Å²) in [5, 5.41) is 12.1. The highest BCUT2D eigenvalue weighted by molar-refractivity contribution is 6.55. The summed E-state index contributed by atoms with van der Waals surface area (Å²) in [4.78, 5) is 11.1. The second-order valence-electron chi connectivity index (χ2n) is 6.92. The van der Waals surface area contributed by atoms with Crippen LogP contribution < -0.4 is 5.32 Å². The molecule has 1 aromatic rings. The second-order valence-corrected chi connectivity index (χ2v) is 6.92. The molecule has 130 valence electrons. The zero-order valence-electron chi connectivity index (χ0n) is 14.6. The van der Waals surface area contributed by atoms with Crippen molar-refractivity contribution in [3.8, 4) is 0 Å². The van der Waals surface area contributed by atoms with Crippen LogP contribution in [0.3, 0.4) is 0 Å². The largest absolute Gasteiger partial charge is 0.491 e. The molecule has 5 nitrogen and oxygen atoms in total. The lowest BCUT2D eigenvalue weighted by atomic mass is 9.77. The van der Waals surface area contributed by atoms with Gasteiger partial charge in [-0.05, 0) is 64.0 Å². The van der Waals surface area contributed by atoms with E-state index in [2.05, 4.69) is 5.32 Å². The van der Waals surface area contributed by atoms with E-state index in [0.717, 1.165) is 11.5 Å². The van der Waals surface area contributed by atoms with E-state index >= 15 is 0 Å². The molecule has 0 amide bonds. The topological polar surface area (TPSA) is 67.8 Å². The van der Waals surface area contributed by atoms with Crippen LogP contribution >= 0.6 is 0 Å². The first-order chi connectivity index (χ1) is 11.1. The van der Waals surface area contributed by atoms with Crippen LogP contribution in [0.1, 0.15) is 43.6 Å². The monoisotopic (exact) mass is 335 g/mol. The first-order valence-electron chi connectivity index (χ1n) is 7.80. The molecule has 1 heterocycles. The van der Waals surface area contributed by atoms with Gasteiger partial charge in [0.1, 0.15) is 5.82 Å². The van der Waals surface area contributed by atoms with Crippen molar-refractivity contribution in [3.05, 3.63) is 40.6 Å². The quantitative estimate of drug-likeness (QED) is 0.810. The van der Waals surface area contributed by atoms with Gasteiger partial charge < -0.3 is 19.7 Å². The van der Waals surface area contributed by atoms with Crippen LogP contribution in [0, 0.1) is 5.82 Å². The van der Waals surface area contributed by atoms with Gasteiger partial charge in [0.05, 0.1) is 16.8 Å². The van der Waals surface area contributed by atoms with E-state index in [4.69, 9.17) is 14.4 Å². The Morgan fingerprint density at radius 2 is 1.83 bits per heavy atom. The fourth-order valence-corrected chi connectivity index (χ4v) is 2.43. The molecule has 1 fully saturated rings. The van der Waals surface area contributed by atoms with Gasteiger partial charge in [0, 0.05) is 6.54 Å². The Hall–Kier alpha value is -1.70. The van der Waals surface area contributed by atoms with E-state index in [1.54, 1.807) is 13.1 Å². The minimum atomic E-state index is -1.17. The van der Waals surface area contributed by atoms with Crippen molar-refractivity contribution >= 4 is 19.2 Å². The summed E-state index contributed by atoms with van der Waals surface area (Å²) in [5.74, 6) is -1.77. The molecule has 0 bridgehead atoms. The van der Waals surface area contributed by atoms with Crippen molar-refractivity contribution in [2.45, 2.75) is 38.9 Å². The highest BCUT2D eigenvalue weighted by Crippen LogP contribution is 2.38. The second kappa shape index (κ2) is 6.66. The van der Waals surface area contributed by atoms with Crippen LogP contribution in [0.4, 0.5) is 4.39 Å². The van der Waals surface area contributed by atoms with Crippen molar-refractivity contribution in [1.29, 1.82) is 0 Å². The number of carboxylic acid groups (broad SMARTS) is 1. The number of likely N-dealkylation sites (N-methyl/N-ethyl adjacent to an activating group) is 1. The summed E-state index contributed by atoms with van der Waals surface area (Å²) < 4.78 is 25.7. The van der Waals surface area contributed by atoms with Gasteiger partial charge in [0.25, 0.3) is 0 Å². The normalized spacial score (nSPS) is 19.6. The summed E-state index contributed by atoms with van der Waals surface area (Å²) in [6.45, 7) is 8.28. The summed E-state index contributed by atoms with van der Waals surface area (Å²) in [5.41, 5.74) is 0.140. The number of halogens is 1. The SMILES string of the molecule is CNCC(=Cc1cc(F)cc(C(=O)O)c1)B1OC(C)(C)C(C)(C)O1. The molecule has 2 N–H and O–H groups in total. The third-order valence-corrected chi connectivity index (χ3v) is 4.46. The van der Waals surface area contributed by atoms with Gasteiger partial charge >= 0.3 is 13.1 Å². The molecular formula is C17H23BFNO4. The van der Waals surface area contributed by atoms with E-state index in [1.807, 2.05) is 27.7 Å². The number of nitrogens with one attached hydrogen (secondary N) is 1. The number of carboxylic acids is 1. The van der Waals surface area contributed by atoms with E-state index < -0.39 is 30.1 Å². The van der Waals surface area contributed by atoms with Gasteiger partial charge in [-0.3, -0.25) is 0 Å². The van der Waals surface area contributed by atoms with Crippen LogP contribution in [-0.2, 0) is 9.31 Å². The number of carbonyl (C=O) groups is 1. The van der Waals surface area contributed by atoms with Gasteiger partial charge in [-0.15, -0.1) is 0 Å². The lowest BCUT2D eigenvalue weighted by molar-refractivity contribution is 0.00578. The first-order valence-corrected chi connectivity index (χ1v) is 7.80. The van der Waals surface area contributed by atoms with E-state index in [1.165, 1.54) is 12.1 Å². The van der Waals surface area contributed by atoms with E-state index in [9.17, 15) is 9.18 Å². The third kappa shape index (κ3) is 3.86. The number of hydrogen-bond acceptors (Lipinski definition) is 4. The molecule has 0 atom stereocenters. The number of aromatic carboxylic acids is 1. The average Bonchev–Trinajstić information content (AvgIpc) is 2.66. The molecule has 2 rings (SSSR count). The molecule has 7 heteroatoms. The molecule has 0 saturated carbocycles. The summed E-state index contributed by atoms with van der Waals surface area (Å²) >= 11 is 0. The Bertz CT molecular complexity index is 657. The first kappa shape index (κ1) is 18.6. The zero-order valence-corrected chi connectivity index (χ0v) is 14.6. The predicted molar refractivity (Wildman–Crippen MR) is 91.3 cm³/mol. The summed E-state index contributed by atoms with van der Waals surface area (Å²) in [6.07, 6.45) is 1.70. The standard InChI is InChI=1S/C17H23BFNO4/c1-16(2)17(3,4)24-18(23-16)13(10-20-5)7-11-6-12(15(21)22)9-14(19)8-11/h6-9,20H,10H2,1-5H3,(H,21,22). The maximum absolute atomic E-state index is 13.7. The predicted octanol–water partition coefficient (Wildman–Crippen LogP) is 2.76. The molecule has 1 aliphatic heterocycles. The van der Waals surface area contributed by atoms with Crippen LogP contribution in [0.25, 0.3) is 6.08 Å². The van der Waals surface area contributed by atoms with E-state index in [-0.39, 0.29) is 5.56 Å². The Morgan fingerprint density at radius 3 is 2.33 bits per heavy atom. The summed E-state index contributed by atoms with van der Waals surface area (Å²) in [7, 11) is 1.20. The van der Waals surface area contributed by atoms with Gasteiger partial charge in [0.15, 0.2) is 0 Å². The van der Waals surface area contributed by atoms with Crippen molar-refractivity contribution in [1.82, 2.24) is 5.32 Å². The lowest BCUT2D eigenvalue weighted by Crippen LogP contribution is -2.41.